The smallest absolute Gasteiger partial charge is 0.227 e. The Hall–Kier alpha value is -3.38. The Labute approximate surface area is 173 Å². The number of aromatic nitrogens is 3. The van der Waals surface area contributed by atoms with Crippen LogP contribution in [0.2, 0.25) is 5.02 Å². The van der Waals surface area contributed by atoms with Crippen molar-refractivity contribution in [3.63, 3.8) is 0 Å². The summed E-state index contributed by atoms with van der Waals surface area (Å²) in [5, 5.41) is 8.85. The van der Waals surface area contributed by atoms with Gasteiger partial charge in [0, 0.05) is 5.39 Å². The third-order valence-corrected chi connectivity index (χ3v) is 4.73. The normalized spacial score (nSPS) is 10.8. The standard InChI is InChI=1S/C22H19ClN4O2/c1-15-18-13-16(14-24-22(18)27(26-15)17-7-3-2-4-8-17)25-21(28)11-12-29-20-10-6-5-9-19(20)23/h2-10,13-14H,11-12H2,1H3,(H,25,28). The summed E-state index contributed by atoms with van der Waals surface area (Å²) in [5.74, 6) is 0.403. The molecule has 0 unspecified atom stereocenters. The van der Waals surface area contributed by atoms with E-state index in [0.717, 1.165) is 22.4 Å². The predicted octanol–water partition coefficient (Wildman–Crippen LogP) is 4.79. The molecular weight excluding hydrogens is 388 g/mol. The van der Waals surface area contributed by atoms with Gasteiger partial charge in [-0.2, -0.15) is 5.10 Å². The zero-order valence-corrected chi connectivity index (χ0v) is 16.6. The van der Waals surface area contributed by atoms with E-state index in [1.807, 2.05) is 55.5 Å². The van der Waals surface area contributed by atoms with Crippen molar-refractivity contribution in [1.29, 1.82) is 0 Å². The first-order valence-electron chi connectivity index (χ1n) is 9.20. The zero-order valence-electron chi connectivity index (χ0n) is 15.8. The Morgan fingerprint density at radius 1 is 1.14 bits per heavy atom. The summed E-state index contributed by atoms with van der Waals surface area (Å²) >= 11 is 6.04. The molecule has 29 heavy (non-hydrogen) atoms. The highest BCUT2D eigenvalue weighted by Crippen LogP contribution is 2.24. The van der Waals surface area contributed by atoms with Crippen LogP contribution < -0.4 is 10.1 Å². The molecule has 0 saturated carbocycles. The van der Waals surface area contributed by atoms with Gasteiger partial charge in [-0.1, -0.05) is 41.9 Å². The summed E-state index contributed by atoms with van der Waals surface area (Å²) in [6.07, 6.45) is 1.83. The van der Waals surface area contributed by atoms with Crippen LogP contribution in [0.5, 0.6) is 5.75 Å². The topological polar surface area (TPSA) is 69.0 Å². The number of para-hydroxylation sites is 2. The lowest BCUT2D eigenvalue weighted by atomic mass is 10.2. The average molecular weight is 407 g/mol. The first-order chi connectivity index (χ1) is 14.1. The van der Waals surface area contributed by atoms with Crippen molar-refractivity contribution < 1.29 is 9.53 Å². The first-order valence-corrected chi connectivity index (χ1v) is 9.57. The van der Waals surface area contributed by atoms with E-state index in [9.17, 15) is 4.79 Å². The summed E-state index contributed by atoms with van der Waals surface area (Å²) < 4.78 is 7.36. The van der Waals surface area contributed by atoms with E-state index in [1.54, 1.807) is 23.0 Å². The van der Waals surface area contributed by atoms with E-state index in [2.05, 4.69) is 15.4 Å². The highest BCUT2D eigenvalue weighted by molar-refractivity contribution is 6.32. The fourth-order valence-electron chi connectivity index (χ4n) is 3.00. The highest BCUT2D eigenvalue weighted by atomic mass is 35.5. The van der Waals surface area contributed by atoms with Crippen LogP contribution in [0.4, 0.5) is 5.69 Å². The molecule has 146 valence electrons. The summed E-state index contributed by atoms with van der Waals surface area (Å²) in [6, 6.07) is 18.9. The lowest BCUT2D eigenvalue weighted by Crippen LogP contribution is -2.15. The van der Waals surface area contributed by atoms with Crippen LogP contribution in [0, 0.1) is 6.92 Å². The van der Waals surface area contributed by atoms with E-state index in [-0.39, 0.29) is 18.9 Å². The number of rotatable bonds is 6. The van der Waals surface area contributed by atoms with Gasteiger partial charge in [0.2, 0.25) is 5.91 Å². The average Bonchev–Trinajstić information content (AvgIpc) is 3.06. The number of aryl methyl sites for hydroxylation is 1. The van der Waals surface area contributed by atoms with Crippen molar-refractivity contribution in [2.45, 2.75) is 13.3 Å². The van der Waals surface area contributed by atoms with Crippen molar-refractivity contribution in [3.8, 4) is 11.4 Å². The molecule has 6 nitrogen and oxygen atoms in total. The molecule has 1 amide bonds. The van der Waals surface area contributed by atoms with Gasteiger partial charge in [0.25, 0.3) is 0 Å². The van der Waals surface area contributed by atoms with Gasteiger partial charge in [-0.15, -0.1) is 0 Å². The molecule has 2 aromatic carbocycles. The molecular formula is C22H19ClN4O2. The van der Waals surface area contributed by atoms with Crippen molar-refractivity contribution in [2.75, 3.05) is 11.9 Å². The number of pyridine rings is 1. The summed E-state index contributed by atoms with van der Waals surface area (Å²) in [4.78, 5) is 16.8. The SMILES string of the molecule is Cc1nn(-c2ccccc2)c2ncc(NC(=O)CCOc3ccccc3Cl)cc12. The van der Waals surface area contributed by atoms with Crippen LogP contribution in [0.25, 0.3) is 16.7 Å². The maximum atomic E-state index is 12.3. The van der Waals surface area contributed by atoms with Crippen molar-refractivity contribution >= 4 is 34.2 Å². The number of nitrogens with one attached hydrogen (secondary N) is 1. The van der Waals surface area contributed by atoms with Crippen LogP contribution >= 0.6 is 11.6 Å². The van der Waals surface area contributed by atoms with E-state index in [1.165, 1.54) is 0 Å². The number of hydrogen-bond acceptors (Lipinski definition) is 4. The van der Waals surface area contributed by atoms with E-state index in [0.29, 0.717) is 16.5 Å². The van der Waals surface area contributed by atoms with Crippen LogP contribution in [-0.2, 0) is 4.79 Å². The fourth-order valence-corrected chi connectivity index (χ4v) is 3.19. The molecule has 7 heteroatoms. The summed E-state index contributed by atoms with van der Waals surface area (Å²) in [6.45, 7) is 2.16. The minimum Gasteiger partial charge on any atom is -0.491 e. The number of fused-ring (bicyclic) bond motifs is 1. The number of anilines is 1. The van der Waals surface area contributed by atoms with Gasteiger partial charge >= 0.3 is 0 Å². The molecule has 2 aromatic heterocycles. The molecule has 0 spiro atoms. The number of halogens is 1. The minimum absolute atomic E-state index is 0.161. The Kier molecular flexibility index (Phi) is 5.44. The Morgan fingerprint density at radius 3 is 2.69 bits per heavy atom. The second-order valence-electron chi connectivity index (χ2n) is 6.50. The molecule has 4 rings (SSSR count). The minimum atomic E-state index is -0.161. The van der Waals surface area contributed by atoms with Crippen LogP contribution in [0.15, 0.2) is 66.9 Å². The van der Waals surface area contributed by atoms with E-state index >= 15 is 0 Å². The van der Waals surface area contributed by atoms with Crippen LogP contribution in [-0.4, -0.2) is 27.3 Å². The van der Waals surface area contributed by atoms with Crippen molar-refractivity contribution in [2.24, 2.45) is 0 Å². The molecule has 4 aromatic rings. The molecule has 1 N–H and O–H groups in total. The van der Waals surface area contributed by atoms with Gasteiger partial charge in [-0.05, 0) is 37.3 Å². The van der Waals surface area contributed by atoms with E-state index < -0.39 is 0 Å². The Balaban J connectivity index is 1.44. The number of carbonyl (C=O) groups excluding carboxylic acids is 1. The zero-order chi connectivity index (χ0) is 20.2. The number of carbonyl (C=O) groups is 1. The monoisotopic (exact) mass is 406 g/mol. The Bertz CT molecular complexity index is 1160. The number of benzene rings is 2. The summed E-state index contributed by atoms with van der Waals surface area (Å²) in [5.41, 5.74) is 3.14. The van der Waals surface area contributed by atoms with Gasteiger partial charge in [0.05, 0.1) is 41.3 Å². The molecule has 0 fully saturated rings. The highest BCUT2D eigenvalue weighted by Gasteiger charge is 2.12. The molecule has 0 aliphatic rings. The number of ether oxygens (including phenoxy) is 1. The second-order valence-corrected chi connectivity index (χ2v) is 6.91. The maximum absolute atomic E-state index is 12.3. The number of nitrogens with zero attached hydrogens (tertiary/aromatic N) is 3. The number of amides is 1. The van der Waals surface area contributed by atoms with Gasteiger partial charge in [-0.25, -0.2) is 9.67 Å². The first kappa shape index (κ1) is 19.0. The third-order valence-electron chi connectivity index (χ3n) is 4.41. The van der Waals surface area contributed by atoms with Gasteiger partial charge in [-0.3, -0.25) is 4.79 Å². The lowest BCUT2D eigenvalue weighted by molar-refractivity contribution is -0.116. The van der Waals surface area contributed by atoms with Gasteiger partial charge < -0.3 is 10.1 Å². The Morgan fingerprint density at radius 2 is 1.90 bits per heavy atom. The molecule has 0 saturated heterocycles. The van der Waals surface area contributed by atoms with Crippen molar-refractivity contribution in [1.82, 2.24) is 14.8 Å². The second kappa shape index (κ2) is 8.32. The largest absolute Gasteiger partial charge is 0.491 e. The maximum Gasteiger partial charge on any atom is 0.227 e. The predicted molar refractivity (Wildman–Crippen MR) is 114 cm³/mol. The van der Waals surface area contributed by atoms with E-state index in [4.69, 9.17) is 16.3 Å². The van der Waals surface area contributed by atoms with Crippen LogP contribution in [0.3, 0.4) is 0 Å². The fraction of sp³-hybridized carbons (Fsp3) is 0.136. The molecule has 2 heterocycles. The number of hydrogen-bond donors (Lipinski definition) is 1. The summed E-state index contributed by atoms with van der Waals surface area (Å²) in [7, 11) is 0. The molecule has 0 aliphatic heterocycles. The van der Waals surface area contributed by atoms with Crippen molar-refractivity contribution in [3.05, 3.63) is 77.6 Å². The van der Waals surface area contributed by atoms with Gasteiger partial charge in [0.15, 0.2) is 5.65 Å². The third kappa shape index (κ3) is 4.22. The quantitative estimate of drug-likeness (QED) is 0.499. The molecule has 0 radical (unpaired) electrons. The lowest BCUT2D eigenvalue weighted by Gasteiger charge is -2.08. The molecule has 0 atom stereocenters. The van der Waals surface area contributed by atoms with Gasteiger partial charge in [0.1, 0.15) is 5.75 Å². The molecule has 0 aliphatic carbocycles. The van der Waals surface area contributed by atoms with Crippen LogP contribution in [0.1, 0.15) is 12.1 Å². The molecule has 0 bridgehead atoms.